The van der Waals surface area contributed by atoms with Gasteiger partial charge in [0.2, 0.25) is 5.91 Å². The Morgan fingerprint density at radius 2 is 2.17 bits per heavy atom. The Balaban J connectivity index is 2.14. The van der Waals surface area contributed by atoms with E-state index in [9.17, 15) is 4.79 Å². The van der Waals surface area contributed by atoms with Crippen LogP contribution in [0.3, 0.4) is 0 Å². The highest BCUT2D eigenvalue weighted by molar-refractivity contribution is 9.09. The molecule has 0 spiro atoms. The number of rotatable bonds is 3. The van der Waals surface area contributed by atoms with Crippen molar-refractivity contribution in [2.24, 2.45) is 5.41 Å². The van der Waals surface area contributed by atoms with Gasteiger partial charge in [0.05, 0.1) is 0 Å². The third kappa shape index (κ3) is 2.77. The lowest BCUT2D eigenvalue weighted by Crippen LogP contribution is -2.48. The molecular formula is C9H16BrNO. The van der Waals surface area contributed by atoms with Crippen LogP contribution >= 0.6 is 15.9 Å². The average molecular weight is 234 g/mol. The number of amides is 1. The number of nitrogens with one attached hydrogen (secondary N) is 1. The van der Waals surface area contributed by atoms with Crippen molar-refractivity contribution in [2.75, 3.05) is 5.33 Å². The van der Waals surface area contributed by atoms with Crippen LogP contribution in [0.1, 0.15) is 33.1 Å². The second-order valence-corrected chi connectivity index (χ2v) is 5.07. The Morgan fingerprint density at radius 1 is 1.58 bits per heavy atom. The van der Waals surface area contributed by atoms with Gasteiger partial charge in [0, 0.05) is 17.8 Å². The molecule has 0 unspecified atom stereocenters. The quantitative estimate of drug-likeness (QED) is 0.744. The van der Waals surface area contributed by atoms with Gasteiger partial charge in [-0.3, -0.25) is 4.79 Å². The molecule has 0 radical (unpaired) electrons. The molecule has 1 rings (SSSR count). The first-order valence-corrected chi connectivity index (χ1v) is 5.51. The summed E-state index contributed by atoms with van der Waals surface area (Å²) in [6, 6.07) is 0.437. The molecule has 0 aromatic heterocycles. The molecule has 2 nitrogen and oxygen atoms in total. The van der Waals surface area contributed by atoms with Crippen molar-refractivity contribution in [3.63, 3.8) is 0 Å². The van der Waals surface area contributed by atoms with Crippen LogP contribution in [0.15, 0.2) is 0 Å². The maximum absolute atomic E-state index is 11.1. The van der Waals surface area contributed by atoms with Crippen molar-refractivity contribution in [1.29, 1.82) is 0 Å². The molecule has 1 aliphatic carbocycles. The molecule has 1 aliphatic rings. The third-order valence-electron chi connectivity index (χ3n) is 2.28. The number of halogens is 1. The third-order valence-corrected chi connectivity index (χ3v) is 2.68. The number of hydrogen-bond donors (Lipinski definition) is 1. The Bertz CT molecular complexity index is 171. The molecule has 1 amide bonds. The van der Waals surface area contributed by atoms with E-state index in [0.717, 1.165) is 18.2 Å². The van der Waals surface area contributed by atoms with E-state index in [-0.39, 0.29) is 5.91 Å². The van der Waals surface area contributed by atoms with Crippen molar-refractivity contribution >= 4 is 21.8 Å². The summed E-state index contributed by atoms with van der Waals surface area (Å²) in [5, 5.41) is 3.76. The van der Waals surface area contributed by atoms with E-state index in [0.29, 0.717) is 17.9 Å². The number of alkyl halides is 1. The summed E-state index contributed by atoms with van der Waals surface area (Å²) in [5.74, 6) is 0.173. The molecule has 0 aromatic carbocycles. The van der Waals surface area contributed by atoms with Crippen molar-refractivity contribution in [3.8, 4) is 0 Å². The van der Waals surface area contributed by atoms with Gasteiger partial charge in [-0.2, -0.15) is 0 Å². The van der Waals surface area contributed by atoms with Crippen LogP contribution in [0.4, 0.5) is 0 Å². The summed E-state index contributed by atoms with van der Waals surface area (Å²) >= 11 is 3.24. The van der Waals surface area contributed by atoms with Gasteiger partial charge >= 0.3 is 0 Å². The molecule has 1 N–H and O–H groups in total. The van der Waals surface area contributed by atoms with E-state index in [2.05, 4.69) is 35.1 Å². The summed E-state index contributed by atoms with van der Waals surface area (Å²) in [6.45, 7) is 4.47. The predicted octanol–water partition coefficient (Wildman–Crippen LogP) is 2.08. The van der Waals surface area contributed by atoms with Crippen LogP contribution in [0.25, 0.3) is 0 Å². The van der Waals surface area contributed by atoms with E-state index in [1.165, 1.54) is 0 Å². The minimum atomic E-state index is 0.173. The average Bonchev–Trinajstić information content (AvgIpc) is 1.83. The normalized spacial score (nSPS) is 21.6. The largest absolute Gasteiger partial charge is 0.353 e. The maximum atomic E-state index is 11.1. The van der Waals surface area contributed by atoms with E-state index in [1.807, 2.05) is 0 Å². The minimum Gasteiger partial charge on any atom is -0.353 e. The molecule has 1 fully saturated rings. The fourth-order valence-electron chi connectivity index (χ4n) is 1.76. The van der Waals surface area contributed by atoms with Gasteiger partial charge in [-0.15, -0.1) is 0 Å². The molecule has 0 aliphatic heterocycles. The highest BCUT2D eigenvalue weighted by Crippen LogP contribution is 2.39. The summed E-state index contributed by atoms with van der Waals surface area (Å²) in [5.41, 5.74) is 0.451. The van der Waals surface area contributed by atoms with Crippen molar-refractivity contribution < 1.29 is 4.79 Å². The van der Waals surface area contributed by atoms with Crippen molar-refractivity contribution in [3.05, 3.63) is 0 Å². The second kappa shape index (κ2) is 3.77. The minimum absolute atomic E-state index is 0.173. The smallest absolute Gasteiger partial charge is 0.221 e. The van der Waals surface area contributed by atoms with Gasteiger partial charge in [-0.05, 0) is 18.3 Å². The Labute approximate surface area is 82.2 Å². The van der Waals surface area contributed by atoms with Crippen LogP contribution in [0.2, 0.25) is 0 Å². The van der Waals surface area contributed by atoms with Gasteiger partial charge in [-0.25, -0.2) is 0 Å². The van der Waals surface area contributed by atoms with Crippen LogP contribution in [0.5, 0.6) is 0 Å². The zero-order valence-corrected chi connectivity index (χ0v) is 9.28. The standard InChI is InChI=1S/C9H16BrNO/c1-9(2)5-7(6-9)11-8(12)3-4-10/h7H,3-6H2,1-2H3,(H,11,12). The lowest BCUT2D eigenvalue weighted by molar-refractivity contribution is -0.122. The van der Waals surface area contributed by atoms with Crippen molar-refractivity contribution in [2.45, 2.75) is 39.2 Å². The fourth-order valence-corrected chi connectivity index (χ4v) is 2.12. The Kier molecular flexibility index (Phi) is 3.16. The van der Waals surface area contributed by atoms with Crippen LogP contribution in [-0.2, 0) is 4.79 Å². The van der Waals surface area contributed by atoms with Crippen molar-refractivity contribution in [1.82, 2.24) is 5.32 Å². The molecule has 0 aromatic rings. The summed E-state index contributed by atoms with van der Waals surface area (Å²) < 4.78 is 0. The zero-order chi connectivity index (χ0) is 9.19. The van der Waals surface area contributed by atoms with Gasteiger partial charge in [0.1, 0.15) is 0 Å². The summed E-state index contributed by atoms with van der Waals surface area (Å²) in [6.07, 6.45) is 2.85. The topological polar surface area (TPSA) is 29.1 Å². The Morgan fingerprint density at radius 3 is 2.58 bits per heavy atom. The van der Waals surface area contributed by atoms with E-state index in [1.54, 1.807) is 0 Å². The molecule has 1 saturated carbocycles. The van der Waals surface area contributed by atoms with Gasteiger partial charge < -0.3 is 5.32 Å². The highest BCUT2D eigenvalue weighted by Gasteiger charge is 2.36. The number of carbonyl (C=O) groups is 1. The van der Waals surface area contributed by atoms with Gasteiger partial charge in [0.25, 0.3) is 0 Å². The van der Waals surface area contributed by atoms with Gasteiger partial charge in [0.15, 0.2) is 0 Å². The summed E-state index contributed by atoms with van der Waals surface area (Å²) in [7, 11) is 0. The molecule has 12 heavy (non-hydrogen) atoms. The first kappa shape index (κ1) is 10.0. The molecule has 0 heterocycles. The maximum Gasteiger partial charge on any atom is 0.221 e. The van der Waals surface area contributed by atoms with Crippen LogP contribution in [-0.4, -0.2) is 17.3 Å². The van der Waals surface area contributed by atoms with Gasteiger partial charge in [-0.1, -0.05) is 29.8 Å². The molecule has 0 saturated heterocycles. The molecule has 0 bridgehead atoms. The number of hydrogen-bond acceptors (Lipinski definition) is 1. The lowest BCUT2D eigenvalue weighted by atomic mass is 9.68. The summed E-state index contributed by atoms with van der Waals surface area (Å²) in [4.78, 5) is 11.1. The molecule has 70 valence electrons. The molecule has 3 heteroatoms. The highest BCUT2D eigenvalue weighted by atomic mass is 79.9. The molecular weight excluding hydrogens is 218 g/mol. The number of carbonyl (C=O) groups excluding carboxylic acids is 1. The van der Waals surface area contributed by atoms with E-state index < -0.39 is 0 Å². The fraction of sp³-hybridized carbons (Fsp3) is 0.889. The van der Waals surface area contributed by atoms with E-state index >= 15 is 0 Å². The first-order chi connectivity index (χ1) is 5.53. The zero-order valence-electron chi connectivity index (χ0n) is 7.69. The SMILES string of the molecule is CC1(C)CC(NC(=O)CCBr)C1. The second-order valence-electron chi connectivity index (χ2n) is 4.28. The van der Waals surface area contributed by atoms with E-state index in [4.69, 9.17) is 0 Å². The lowest BCUT2D eigenvalue weighted by Gasteiger charge is -2.42. The monoisotopic (exact) mass is 233 g/mol. The molecule has 0 atom stereocenters. The Hall–Kier alpha value is -0.0500. The van der Waals surface area contributed by atoms with Crippen LogP contribution < -0.4 is 5.32 Å². The van der Waals surface area contributed by atoms with Crippen LogP contribution in [0, 0.1) is 5.41 Å². The first-order valence-electron chi connectivity index (χ1n) is 4.39. The predicted molar refractivity (Wildman–Crippen MR) is 53.4 cm³/mol.